The molecule has 0 atom stereocenters. The molecular formula is C27H24ClNO3S2. The Bertz CT molecular complexity index is 1220. The van der Waals surface area contributed by atoms with E-state index in [1.54, 1.807) is 29.2 Å². The molecule has 1 aliphatic rings. The molecule has 0 aliphatic carbocycles. The Morgan fingerprint density at radius 3 is 2.41 bits per heavy atom. The molecule has 0 radical (unpaired) electrons. The number of aryl methyl sites for hydroxylation is 2. The number of benzene rings is 3. The summed E-state index contributed by atoms with van der Waals surface area (Å²) >= 11 is 13.0. The van der Waals surface area contributed by atoms with E-state index in [2.05, 4.69) is 6.07 Å². The molecule has 3 aromatic rings. The highest BCUT2D eigenvalue weighted by molar-refractivity contribution is 8.26. The lowest BCUT2D eigenvalue weighted by Gasteiger charge is -2.14. The molecule has 0 unspecified atom stereocenters. The summed E-state index contributed by atoms with van der Waals surface area (Å²) in [5, 5.41) is 0.560. The van der Waals surface area contributed by atoms with Crippen LogP contribution in [0, 0.1) is 13.8 Å². The van der Waals surface area contributed by atoms with E-state index >= 15 is 0 Å². The van der Waals surface area contributed by atoms with Gasteiger partial charge >= 0.3 is 0 Å². The van der Waals surface area contributed by atoms with Crippen molar-refractivity contribution in [2.75, 3.05) is 13.2 Å². The Hall–Kier alpha value is -2.80. The fraction of sp³-hybridized carbons (Fsp3) is 0.185. The standard InChI is InChI=1S/C27H24ClNO3S2/c1-18-12-19(2)14-23(13-18)31-10-11-32-24-9-8-22(28)15-21(24)16-25-26(30)29(27(33)34-25)17-20-6-4-3-5-7-20/h3-9,12-16H,10-11,17H2,1-2H3/b25-16-. The number of thiocarbonyl (C=S) groups is 1. The lowest BCUT2D eigenvalue weighted by atomic mass is 10.1. The lowest BCUT2D eigenvalue weighted by molar-refractivity contribution is -0.122. The van der Waals surface area contributed by atoms with Gasteiger partial charge in [0.25, 0.3) is 5.91 Å². The number of hydrogen-bond donors (Lipinski definition) is 0. The Morgan fingerprint density at radius 2 is 1.68 bits per heavy atom. The Morgan fingerprint density at radius 1 is 0.971 bits per heavy atom. The van der Waals surface area contributed by atoms with Gasteiger partial charge in [0.15, 0.2) is 0 Å². The number of ether oxygens (including phenoxy) is 2. The summed E-state index contributed by atoms with van der Waals surface area (Å²) in [5.74, 6) is 1.32. The van der Waals surface area contributed by atoms with E-state index in [9.17, 15) is 4.79 Å². The number of rotatable bonds is 8. The van der Waals surface area contributed by atoms with Crippen LogP contribution in [0.25, 0.3) is 6.08 Å². The average molecular weight is 510 g/mol. The van der Waals surface area contributed by atoms with E-state index in [0.29, 0.717) is 39.8 Å². The first-order valence-electron chi connectivity index (χ1n) is 10.8. The molecular weight excluding hydrogens is 486 g/mol. The van der Waals surface area contributed by atoms with Gasteiger partial charge in [0, 0.05) is 10.6 Å². The summed E-state index contributed by atoms with van der Waals surface area (Å²) in [6.07, 6.45) is 1.79. The van der Waals surface area contributed by atoms with Crippen molar-refractivity contribution in [3.63, 3.8) is 0 Å². The van der Waals surface area contributed by atoms with Gasteiger partial charge in [-0.05, 0) is 66.9 Å². The number of halogens is 1. The van der Waals surface area contributed by atoms with Gasteiger partial charge in [-0.15, -0.1) is 0 Å². The first kappa shape index (κ1) is 24.3. The highest BCUT2D eigenvalue weighted by atomic mass is 35.5. The summed E-state index contributed by atoms with van der Waals surface area (Å²) in [6.45, 7) is 5.27. The monoisotopic (exact) mass is 509 g/mol. The van der Waals surface area contributed by atoms with Gasteiger partial charge in [0.1, 0.15) is 29.0 Å². The van der Waals surface area contributed by atoms with Gasteiger partial charge in [-0.25, -0.2) is 0 Å². The molecule has 1 aliphatic heterocycles. The summed E-state index contributed by atoms with van der Waals surface area (Å²) in [5.41, 5.74) is 4.05. The number of nitrogens with zero attached hydrogens (tertiary/aromatic N) is 1. The molecule has 3 aromatic carbocycles. The topological polar surface area (TPSA) is 38.8 Å². The zero-order valence-electron chi connectivity index (χ0n) is 18.9. The van der Waals surface area contributed by atoms with Crippen molar-refractivity contribution in [2.45, 2.75) is 20.4 Å². The maximum absolute atomic E-state index is 13.0. The summed E-state index contributed by atoms with van der Waals surface area (Å²) < 4.78 is 12.3. The minimum absolute atomic E-state index is 0.122. The molecule has 0 bridgehead atoms. The minimum Gasteiger partial charge on any atom is -0.490 e. The van der Waals surface area contributed by atoms with E-state index in [1.165, 1.54) is 11.8 Å². The number of carbonyl (C=O) groups excluding carboxylic acids is 1. The lowest BCUT2D eigenvalue weighted by Crippen LogP contribution is -2.27. The second-order valence-corrected chi connectivity index (χ2v) is 10.1. The molecule has 1 heterocycles. The summed E-state index contributed by atoms with van der Waals surface area (Å²) in [4.78, 5) is 15.2. The molecule has 7 heteroatoms. The van der Waals surface area contributed by atoms with Crippen LogP contribution in [0.4, 0.5) is 0 Å². The van der Waals surface area contributed by atoms with Gasteiger partial charge < -0.3 is 9.47 Å². The zero-order valence-corrected chi connectivity index (χ0v) is 21.3. The molecule has 0 saturated carbocycles. The van der Waals surface area contributed by atoms with Crippen LogP contribution in [0.2, 0.25) is 5.02 Å². The largest absolute Gasteiger partial charge is 0.490 e. The second-order valence-electron chi connectivity index (χ2n) is 7.96. The smallest absolute Gasteiger partial charge is 0.266 e. The van der Waals surface area contributed by atoms with Crippen molar-refractivity contribution in [2.24, 2.45) is 0 Å². The summed E-state index contributed by atoms with van der Waals surface area (Å²) in [6, 6.07) is 21.2. The quantitative estimate of drug-likeness (QED) is 0.189. The first-order valence-corrected chi connectivity index (χ1v) is 12.4. The Kier molecular flexibility index (Phi) is 7.93. The van der Waals surface area contributed by atoms with Crippen molar-refractivity contribution >= 4 is 51.9 Å². The maximum atomic E-state index is 13.0. The fourth-order valence-corrected chi connectivity index (χ4v) is 5.06. The second kappa shape index (κ2) is 11.1. The van der Waals surface area contributed by atoms with Gasteiger partial charge in [-0.3, -0.25) is 9.69 Å². The molecule has 34 heavy (non-hydrogen) atoms. The van der Waals surface area contributed by atoms with E-state index in [0.717, 1.165) is 28.0 Å². The highest BCUT2D eigenvalue weighted by Crippen LogP contribution is 2.36. The van der Waals surface area contributed by atoms with E-state index in [1.807, 2.05) is 56.3 Å². The molecule has 1 saturated heterocycles. The van der Waals surface area contributed by atoms with Gasteiger partial charge in [0.05, 0.1) is 11.4 Å². The summed E-state index contributed by atoms with van der Waals surface area (Å²) in [7, 11) is 0. The van der Waals surface area contributed by atoms with Crippen molar-refractivity contribution in [3.05, 3.63) is 98.9 Å². The van der Waals surface area contributed by atoms with Crippen molar-refractivity contribution in [1.29, 1.82) is 0 Å². The van der Waals surface area contributed by atoms with Crippen LogP contribution >= 0.6 is 35.6 Å². The molecule has 174 valence electrons. The number of amides is 1. The van der Waals surface area contributed by atoms with Crippen LogP contribution in [0.15, 0.2) is 71.6 Å². The van der Waals surface area contributed by atoms with Crippen LogP contribution in [-0.2, 0) is 11.3 Å². The molecule has 4 nitrogen and oxygen atoms in total. The van der Waals surface area contributed by atoms with E-state index in [4.69, 9.17) is 33.3 Å². The predicted octanol–water partition coefficient (Wildman–Crippen LogP) is 6.82. The predicted molar refractivity (Wildman–Crippen MR) is 144 cm³/mol. The average Bonchev–Trinajstić information content (AvgIpc) is 3.05. The van der Waals surface area contributed by atoms with Crippen molar-refractivity contribution in [1.82, 2.24) is 4.90 Å². The van der Waals surface area contributed by atoms with Crippen molar-refractivity contribution in [3.8, 4) is 11.5 Å². The van der Waals surface area contributed by atoms with Gasteiger partial charge in [-0.2, -0.15) is 0 Å². The molecule has 1 amide bonds. The molecule has 4 rings (SSSR count). The van der Waals surface area contributed by atoms with Gasteiger partial charge in [-0.1, -0.05) is 72.0 Å². The molecule has 0 spiro atoms. The number of carbonyl (C=O) groups is 1. The SMILES string of the molecule is Cc1cc(C)cc(OCCOc2ccc(Cl)cc2/C=C2\SC(=S)N(Cc3ccccc3)C2=O)c1. The third-order valence-corrected chi connectivity index (χ3v) is 6.73. The Labute approximate surface area is 214 Å². The third kappa shape index (κ3) is 6.20. The number of thioether (sulfide) groups is 1. The van der Waals surface area contributed by atoms with E-state index in [-0.39, 0.29) is 5.91 Å². The third-order valence-electron chi connectivity index (χ3n) is 5.12. The van der Waals surface area contributed by atoms with Crippen LogP contribution < -0.4 is 9.47 Å². The molecule has 0 aromatic heterocycles. The minimum atomic E-state index is -0.122. The highest BCUT2D eigenvalue weighted by Gasteiger charge is 2.32. The first-order chi connectivity index (χ1) is 16.4. The Balaban J connectivity index is 1.44. The normalized spacial score (nSPS) is 14.7. The number of hydrogen-bond acceptors (Lipinski definition) is 5. The van der Waals surface area contributed by atoms with Crippen LogP contribution in [-0.4, -0.2) is 28.3 Å². The molecule has 0 N–H and O–H groups in total. The van der Waals surface area contributed by atoms with Gasteiger partial charge in [0.2, 0.25) is 0 Å². The van der Waals surface area contributed by atoms with Crippen LogP contribution in [0.1, 0.15) is 22.3 Å². The zero-order chi connectivity index (χ0) is 24.1. The molecule has 1 fully saturated rings. The van der Waals surface area contributed by atoms with E-state index < -0.39 is 0 Å². The van der Waals surface area contributed by atoms with Crippen molar-refractivity contribution < 1.29 is 14.3 Å². The maximum Gasteiger partial charge on any atom is 0.266 e. The van der Waals surface area contributed by atoms with Crippen LogP contribution in [0.3, 0.4) is 0 Å². The fourth-order valence-electron chi connectivity index (χ4n) is 3.63. The van der Waals surface area contributed by atoms with Crippen LogP contribution in [0.5, 0.6) is 11.5 Å².